The van der Waals surface area contributed by atoms with Crippen LogP contribution in [-0.2, 0) is 14.3 Å². The van der Waals surface area contributed by atoms with Crippen molar-refractivity contribution in [3.05, 3.63) is 0 Å². The number of carbonyl (C=O) groups is 1. The summed E-state index contributed by atoms with van der Waals surface area (Å²) >= 11 is 0. The third kappa shape index (κ3) is 4.07. The van der Waals surface area contributed by atoms with Gasteiger partial charge in [0.1, 0.15) is 11.6 Å². The highest BCUT2D eigenvalue weighted by atomic mass is 16.6. The molecule has 0 fully saturated rings. The van der Waals surface area contributed by atoms with E-state index >= 15 is 0 Å². The predicted molar refractivity (Wildman–Crippen MR) is 54.9 cm³/mol. The van der Waals surface area contributed by atoms with E-state index in [1.165, 1.54) is 7.11 Å². The molecule has 0 radical (unpaired) electrons. The van der Waals surface area contributed by atoms with Crippen LogP contribution in [0.5, 0.6) is 0 Å². The lowest BCUT2D eigenvalue weighted by Crippen LogP contribution is -2.52. The fourth-order valence-corrected chi connectivity index (χ4v) is 0.776. The Hall–Kier alpha value is -0.610. The molecule has 0 aliphatic rings. The molecule has 0 aliphatic heterocycles. The smallest absolute Gasteiger partial charge is 0.326 e. The van der Waals surface area contributed by atoms with Crippen LogP contribution in [-0.4, -0.2) is 30.3 Å². The minimum Gasteiger partial charge on any atom is -0.459 e. The fourth-order valence-electron chi connectivity index (χ4n) is 0.776. The molecule has 4 heteroatoms. The first-order valence-electron chi connectivity index (χ1n) is 4.64. The number of nitrogens with two attached hydrogens (primary N) is 1. The number of hydrogen-bond acceptors (Lipinski definition) is 4. The van der Waals surface area contributed by atoms with Gasteiger partial charge in [0.05, 0.1) is 5.60 Å². The van der Waals surface area contributed by atoms with Crippen molar-refractivity contribution in [1.82, 2.24) is 0 Å². The summed E-state index contributed by atoms with van der Waals surface area (Å²) in [5.41, 5.74) is 4.49. The van der Waals surface area contributed by atoms with Gasteiger partial charge in [-0.25, -0.2) is 0 Å². The van der Waals surface area contributed by atoms with E-state index in [0.29, 0.717) is 0 Å². The minimum absolute atomic E-state index is 0.440. The second kappa shape index (κ2) is 4.28. The van der Waals surface area contributed by atoms with E-state index in [-0.39, 0.29) is 0 Å². The Kier molecular flexibility index (Phi) is 4.09. The van der Waals surface area contributed by atoms with Crippen LogP contribution >= 0.6 is 0 Å². The van der Waals surface area contributed by atoms with Crippen molar-refractivity contribution >= 4 is 5.97 Å². The SMILES string of the molecule is COC(C)(C)C(N)C(=O)OC(C)(C)C. The van der Waals surface area contributed by atoms with Crippen LogP contribution in [0.4, 0.5) is 0 Å². The molecule has 0 bridgehead atoms. The maximum Gasteiger partial charge on any atom is 0.326 e. The molecule has 0 aromatic heterocycles. The first kappa shape index (κ1) is 13.4. The normalized spacial score (nSPS) is 15.1. The largest absolute Gasteiger partial charge is 0.459 e. The number of methoxy groups -OCH3 is 1. The molecule has 84 valence electrons. The third-order valence-corrected chi connectivity index (χ3v) is 1.94. The summed E-state index contributed by atoms with van der Waals surface area (Å²) in [5.74, 6) is -0.440. The predicted octanol–water partition coefficient (Wildman–Crippen LogP) is 1.08. The highest BCUT2D eigenvalue weighted by molar-refractivity contribution is 5.77. The van der Waals surface area contributed by atoms with E-state index in [1.54, 1.807) is 34.6 Å². The van der Waals surface area contributed by atoms with E-state index < -0.39 is 23.2 Å². The average molecular weight is 203 g/mol. The summed E-state index contributed by atoms with van der Waals surface area (Å²) in [6, 6.07) is -0.772. The van der Waals surface area contributed by atoms with Gasteiger partial charge in [0, 0.05) is 7.11 Å². The molecule has 0 heterocycles. The summed E-state index contributed by atoms with van der Waals surface area (Å²) in [7, 11) is 1.52. The summed E-state index contributed by atoms with van der Waals surface area (Å²) in [4.78, 5) is 11.5. The molecule has 0 amide bonds. The van der Waals surface area contributed by atoms with Crippen molar-refractivity contribution in [2.75, 3.05) is 7.11 Å². The lowest BCUT2D eigenvalue weighted by molar-refractivity contribution is -0.163. The van der Waals surface area contributed by atoms with Crippen LogP contribution in [0.3, 0.4) is 0 Å². The number of hydrogen-bond donors (Lipinski definition) is 1. The molecule has 0 saturated carbocycles. The Bertz CT molecular complexity index is 206. The second-order valence-electron chi connectivity index (χ2n) is 4.82. The molecule has 1 unspecified atom stereocenters. The van der Waals surface area contributed by atoms with Gasteiger partial charge >= 0.3 is 5.97 Å². The van der Waals surface area contributed by atoms with Crippen LogP contribution in [0.2, 0.25) is 0 Å². The van der Waals surface area contributed by atoms with Gasteiger partial charge < -0.3 is 15.2 Å². The first-order valence-corrected chi connectivity index (χ1v) is 4.64. The van der Waals surface area contributed by atoms with Crippen LogP contribution < -0.4 is 5.73 Å². The summed E-state index contributed by atoms with van der Waals surface area (Å²) in [5, 5.41) is 0. The number of rotatable bonds is 3. The van der Waals surface area contributed by atoms with Gasteiger partial charge in [-0.2, -0.15) is 0 Å². The number of ether oxygens (including phenoxy) is 2. The Balaban J connectivity index is 4.41. The van der Waals surface area contributed by atoms with Crippen molar-refractivity contribution < 1.29 is 14.3 Å². The molecule has 4 nitrogen and oxygen atoms in total. The van der Waals surface area contributed by atoms with Gasteiger partial charge in [-0.15, -0.1) is 0 Å². The third-order valence-electron chi connectivity index (χ3n) is 1.94. The van der Waals surface area contributed by atoms with Gasteiger partial charge in [-0.05, 0) is 34.6 Å². The summed E-state index contributed by atoms with van der Waals surface area (Å²) in [6.45, 7) is 8.91. The summed E-state index contributed by atoms with van der Waals surface area (Å²) < 4.78 is 10.3. The molecular weight excluding hydrogens is 182 g/mol. The van der Waals surface area contributed by atoms with E-state index in [2.05, 4.69) is 0 Å². The first-order chi connectivity index (χ1) is 6.10. The maximum absolute atomic E-state index is 11.5. The second-order valence-corrected chi connectivity index (χ2v) is 4.82. The Morgan fingerprint density at radius 2 is 1.64 bits per heavy atom. The Labute approximate surface area is 85.8 Å². The monoisotopic (exact) mass is 203 g/mol. The van der Waals surface area contributed by atoms with Gasteiger partial charge in [0.25, 0.3) is 0 Å². The molecule has 2 N–H and O–H groups in total. The average Bonchev–Trinajstić information content (AvgIpc) is 2.00. The van der Waals surface area contributed by atoms with Crippen LogP contribution in [0.25, 0.3) is 0 Å². The van der Waals surface area contributed by atoms with Crippen LogP contribution in [0.1, 0.15) is 34.6 Å². The van der Waals surface area contributed by atoms with Crippen molar-refractivity contribution in [1.29, 1.82) is 0 Å². The van der Waals surface area contributed by atoms with Crippen LogP contribution in [0.15, 0.2) is 0 Å². The van der Waals surface area contributed by atoms with E-state index in [1.807, 2.05) is 0 Å². The zero-order valence-corrected chi connectivity index (χ0v) is 9.88. The molecule has 14 heavy (non-hydrogen) atoms. The van der Waals surface area contributed by atoms with Crippen molar-refractivity contribution in [2.45, 2.75) is 51.9 Å². The lowest BCUT2D eigenvalue weighted by atomic mass is 9.99. The van der Waals surface area contributed by atoms with Crippen LogP contribution in [0, 0.1) is 0 Å². The Morgan fingerprint density at radius 1 is 1.21 bits per heavy atom. The Morgan fingerprint density at radius 3 is 1.93 bits per heavy atom. The van der Waals surface area contributed by atoms with Crippen molar-refractivity contribution in [3.8, 4) is 0 Å². The van der Waals surface area contributed by atoms with E-state index in [4.69, 9.17) is 15.2 Å². The fraction of sp³-hybridized carbons (Fsp3) is 0.900. The van der Waals surface area contributed by atoms with E-state index in [9.17, 15) is 4.79 Å². The van der Waals surface area contributed by atoms with Gasteiger partial charge in [-0.1, -0.05) is 0 Å². The quantitative estimate of drug-likeness (QED) is 0.697. The number of esters is 1. The molecule has 0 saturated heterocycles. The molecule has 0 aromatic rings. The number of carbonyl (C=O) groups excluding carboxylic acids is 1. The van der Waals surface area contributed by atoms with Gasteiger partial charge in [0.15, 0.2) is 0 Å². The minimum atomic E-state index is -0.772. The molecule has 0 aliphatic carbocycles. The van der Waals surface area contributed by atoms with Gasteiger partial charge in [0.2, 0.25) is 0 Å². The molecule has 0 rings (SSSR count). The molecule has 0 aromatic carbocycles. The van der Waals surface area contributed by atoms with Gasteiger partial charge in [-0.3, -0.25) is 4.79 Å². The highest BCUT2D eigenvalue weighted by Crippen LogP contribution is 2.16. The molecule has 1 atom stereocenters. The standard InChI is InChI=1S/C10H21NO3/c1-9(2,3)14-8(12)7(11)10(4,5)13-6/h7H,11H2,1-6H3. The molecule has 0 spiro atoms. The topological polar surface area (TPSA) is 61.5 Å². The zero-order valence-electron chi connectivity index (χ0n) is 9.88. The molecular formula is C10H21NO3. The van der Waals surface area contributed by atoms with E-state index in [0.717, 1.165) is 0 Å². The zero-order chi connectivity index (χ0) is 11.6. The maximum atomic E-state index is 11.5. The van der Waals surface area contributed by atoms with Crippen molar-refractivity contribution in [2.24, 2.45) is 5.73 Å². The van der Waals surface area contributed by atoms with Crippen molar-refractivity contribution in [3.63, 3.8) is 0 Å². The summed E-state index contributed by atoms with van der Waals surface area (Å²) in [6.07, 6.45) is 0. The lowest BCUT2D eigenvalue weighted by Gasteiger charge is -2.30. The highest BCUT2D eigenvalue weighted by Gasteiger charge is 2.35.